The molecule has 6 heteroatoms. The van der Waals surface area contributed by atoms with Crippen LogP contribution in [-0.2, 0) is 22.4 Å². The molecular weight excluding hydrogens is 390 g/mol. The Balaban J connectivity index is 1.37. The predicted molar refractivity (Wildman–Crippen MR) is 119 cm³/mol. The van der Waals surface area contributed by atoms with Crippen molar-refractivity contribution in [2.75, 3.05) is 5.32 Å². The van der Waals surface area contributed by atoms with Crippen LogP contribution in [0.25, 0.3) is 0 Å². The molecule has 4 rings (SSSR count). The number of aliphatic hydroxyl groups excluding tert-OH is 1. The second-order valence-corrected chi connectivity index (χ2v) is 8.18. The van der Waals surface area contributed by atoms with E-state index in [-0.39, 0.29) is 11.9 Å². The van der Waals surface area contributed by atoms with E-state index in [1.54, 1.807) is 0 Å². The average Bonchev–Trinajstić information content (AvgIpc) is 2.80. The van der Waals surface area contributed by atoms with E-state index in [4.69, 9.17) is 0 Å². The lowest BCUT2D eigenvalue weighted by Crippen LogP contribution is -2.28. The van der Waals surface area contributed by atoms with Crippen molar-refractivity contribution < 1.29 is 14.7 Å². The summed E-state index contributed by atoms with van der Waals surface area (Å²) in [5, 5.41) is 21.2. The van der Waals surface area contributed by atoms with Crippen molar-refractivity contribution in [2.45, 2.75) is 57.1 Å². The standard InChI is InChI=1S/C25H27N3O3/c29-23(14-13-17-7-2-1-3-8-17)25(31)26-19-10-6-9-18(15-19)16-22-20-11-4-5-12-21(20)24(30)28-27-22/h1-3,6-10,15,22-23,29H,4-5,11-14,16H2,(H,26,31)/t22?,23-/m1/s1. The zero-order valence-corrected chi connectivity index (χ0v) is 17.5. The molecule has 0 saturated heterocycles. The molecule has 2 N–H and O–H groups in total. The third kappa shape index (κ3) is 5.33. The SMILES string of the molecule is O=C1N=NC(Cc2cccc(NC(=O)[C@H](O)CCc3ccccc3)c2)C2=C1CCCC2. The third-order valence-electron chi connectivity index (χ3n) is 5.93. The van der Waals surface area contributed by atoms with Crippen LogP contribution in [0.5, 0.6) is 0 Å². The Bertz CT molecular complexity index is 1010. The smallest absolute Gasteiger partial charge is 0.291 e. The molecule has 0 spiro atoms. The second-order valence-electron chi connectivity index (χ2n) is 8.18. The molecule has 2 aromatic carbocycles. The van der Waals surface area contributed by atoms with E-state index in [1.165, 1.54) is 0 Å². The number of rotatable bonds is 7. The monoisotopic (exact) mass is 417 g/mol. The maximum absolute atomic E-state index is 12.4. The van der Waals surface area contributed by atoms with Crippen molar-refractivity contribution >= 4 is 17.5 Å². The normalized spacial score (nSPS) is 19.1. The first-order valence-electron chi connectivity index (χ1n) is 10.9. The van der Waals surface area contributed by atoms with Crippen LogP contribution in [0.15, 0.2) is 76.0 Å². The van der Waals surface area contributed by atoms with Crippen molar-refractivity contribution in [1.82, 2.24) is 0 Å². The first-order chi connectivity index (χ1) is 15.1. The van der Waals surface area contributed by atoms with Crippen molar-refractivity contribution in [1.29, 1.82) is 0 Å². The fourth-order valence-corrected chi connectivity index (χ4v) is 4.26. The molecule has 2 amide bonds. The van der Waals surface area contributed by atoms with E-state index in [1.807, 2.05) is 54.6 Å². The number of nitrogens with one attached hydrogen (secondary N) is 1. The molecule has 1 heterocycles. The second kappa shape index (κ2) is 9.79. The van der Waals surface area contributed by atoms with E-state index in [0.29, 0.717) is 24.9 Å². The number of benzene rings is 2. The Labute approximate surface area is 182 Å². The number of hydrogen-bond acceptors (Lipinski definition) is 4. The van der Waals surface area contributed by atoms with Crippen molar-refractivity contribution in [3.63, 3.8) is 0 Å². The van der Waals surface area contributed by atoms with Crippen LogP contribution in [0, 0.1) is 0 Å². The van der Waals surface area contributed by atoms with Gasteiger partial charge in [0.15, 0.2) is 0 Å². The highest BCUT2D eigenvalue weighted by Gasteiger charge is 2.29. The number of carbonyl (C=O) groups is 2. The molecule has 0 aromatic heterocycles. The minimum atomic E-state index is -1.07. The topological polar surface area (TPSA) is 91.1 Å². The summed E-state index contributed by atoms with van der Waals surface area (Å²) < 4.78 is 0. The molecule has 160 valence electrons. The summed E-state index contributed by atoms with van der Waals surface area (Å²) in [5.41, 5.74) is 4.71. The lowest BCUT2D eigenvalue weighted by atomic mass is 9.84. The third-order valence-corrected chi connectivity index (χ3v) is 5.93. The van der Waals surface area contributed by atoms with Crippen molar-refractivity contribution in [3.05, 3.63) is 76.9 Å². The highest BCUT2D eigenvalue weighted by Crippen LogP contribution is 2.33. The highest BCUT2D eigenvalue weighted by atomic mass is 16.3. The molecule has 6 nitrogen and oxygen atoms in total. The Morgan fingerprint density at radius 2 is 1.84 bits per heavy atom. The largest absolute Gasteiger partial charge is 0.383 e. The van der Waals surface area contributed by atoms with Gasteiger partial charge in [-0.1, -0.05) is 42.5 Å². The zero-order chi connectivity index (χ0) is 21.6. The van der Waals surface area contributed by atoms with Gasteiger partial charge in [0.05, 0.1) is 6.04 Å². The van der Waals surface area contributed by atoms with Crippen LogP contribution < -0.4 is 5.32 Å². The Hall–Kier alpha value is -3.12. The van der Waals surface area contributed by atoms with Crippen LogP contribution in [0.3, 0.4) is 0 Å². The minimum absolute atomic E-state index is 0.115. The van der Waals surface area contributed by atoms with E-state index < -0.39 is 12.0 Å². The van der Waals surface area contributed by atoms with Gasteiger partial charge in [0.25, 0.3) is 11.8 Å². The number of amides is 2. The van der Waals surface area contributed by atoms with E-state index in [0.717, 1.165) is 48.0 Å². The molecule has 2 aliphatic rings. The molecule has 1 unspecified atom stereocenters. The number of anilines is 1. The highest BCUT2D eigenvalue weighted by molar-refractivity contribution is 5.95. The summed E-state index contributed by atoms with van der Waals surface area (Å²) in [6, 6.07) is 17.3. The summed E-state index contributed by atoms with van der Waals surface area (Å²) in [6.45, 7) is 0. The molecule has 0 saturated carbocycles. The zero-order valence-electron chi connectivity index (χ0n) is 17.5. The molecule has 31 heavy (non-hydrogen) atoms. The first-order valence-corrected chi connectivity index (χ1v) is 10.9. The number of nitrogens with zero attached hydrogens (tertiary/aromatic N) is 2. The molecule has 0 fully saturated rings. The van der Waals surface area contributed by atoms with Crippen LogP contribution >= 0.6 is 0 Å². The molecule has 0 radical (unpaired) electrons. The summed E-state index contributed by atoms with van der Waals surface area (Å²) in [6.07, 6.45) is 4.36. The average molecular weight is 418 g/mol. The van der Waals surface area contributed by atoms with Crippen molar-refractivity contribution in [2.24, 2.45) is 10.2 Å². The molecule has 2 atom stereocenters. The Morgan fingerprint density at radius 3 is 2.68 bits per heavy atom. The predicted octanol–water partition coefficient (Wildman–Crippen LogP) is 4.39. The van der Waals surface area contributed by atoms with Crippen LogP contribution in [0.1, 0.15) is 43.2 Å². The van der Waals surface area contributed by atoms with Gasteiger partial charge < -0.3 is 10.4 Å². The quantitative estimate of drug-likeness (QED) is 0.700. The Morgan fingerprint density at radius 1 is 1.06 bits per heavy atom. The van der Waals surface area contributed by atoms with E-state index in [2.05, 4.69) is 15.5 Å². The number of aliphatic hydroxyl groups is 1. The number of carbonyl (C=O) groups excluding carboxylic acids is 2. The fraction of sp³-hybridized carbons (Fsp3) is 0.360. The number of aryl methyl sites for hydroxylation is 1. The van der Waals surface area contributed by atoms with Gasteiger partial charge in [-0.2, -0.15) is 5.11 Å². The lowest BCUT2D eigenvalue weighted by molar-refractivity contribution is -0.124. The van der Waals surface area contributed by atoms with Crippen LogP contribution in [0.4, 0.5) is 5.69 Å². The summed E-state index contributed by atoms with van der Waals surface area (Å²) in [5.74, 6) is -0.593. The van der Waals surface area contributed by atoms with Crippen molar-refractivity contribution in [3.8, 4) is 0 Å². The maximum atomic E-state index is 12.4. The number of hydrogen-bond donors (Lipinski definition) is 2. The Kier molecular flexibility index (Phi) is 6.67. The van der Waals surface area contributed by atoms with Gasteiger partial charge in [-0.05, 0) is 67.4 Å². The summed E-state index contributed by atoms with van der Waals surface area (Å²) in [4.78, 5) is 24.4. The van der Waals surface area contributed by atoms with Crippen LogP contribution in [-0.4, -0.2) is 29.1 Å². The maximum Gasteiger partial charge on any atom is 0.291 e. The van der Waals surface area contributed by atoms with Gasteiger partial charge in [0.2, 0.25) is 0 Å². The van der Waals surface area contributed by atoms with E-state index >= 15 is 0 Å². The van der Waals surface area contributed by atoms with Gasteiger partial charge >= 0.3 is 0 Å². The van der Waals surface area contributed by atoms with E-state index in [9.17, 15) is 14.7 Å². The molecule has 2 aromatic rings. The minimum Gasteiger partial charge on any atom is -0.383 e. The first kappa shape index (κ1) is 21.1. The van der Waals surface area contributed by atoms with Gasteiger partial charge in [0, 0.05) is 17.7 Å². The van der Waals surface area contributed by atoms with Gasteiger partial charge in [-0.25, -0.2) is 0 Å². The molecule has 1 aliphatic heterocycles. The number of azo groups is 1. The molecule has 1 aliphatic carbocycles. The van der Waals surface area contributed by atoms with Gasteiger partial charge in [0.1, 0.15) is 6.10 Å². The van der Waals surface area contributed by atoms with Crippen LogP contribution in [0.2, 0.25) is 0 Å². The summed E-state index contributed by atoms with van der Waals surface area (Å²) in [7, 11) is 0. The van der Waals surface area contributed by atoms with Gasteiger partial charge in [-0.15, -0.1) is 5.11 Å². The molecule has 0 bridgehead atoms. The fourth-order valence-electron chi connectivity index (χ4n) is 4.26. The lowest BCUT2D eigenvalue weighted by Gasteiger charge is -2.25. The van der Waals surface area contributed by atoms with Gasteiger partial charge in [-0.3, -0.25) is 9.59 Å². The summed E-state index contributed by atoms with van der Waals surface area (Å²) >= 11 is 0. The molecular formula is C25H27N3O3.